The van der Waals surface area contributed by atoms with Gasteiger partial charge in [-0.25, -0.2) is 5.32 Å². The van der Waals surface area contributed by atoms with Crippen molar-refractivity contribution in [3.8, 4) is 0 Å². The van der Waals surface area contributed by atoms with Gasteiger partial charge in [-0.15, -0.1) is 0 Å². The lowest BCUT2D eigenvalue weighted by molar-refractivity contribution is -0.419. The first-order valence-electron chi connectivity index (χ1n) is 5.78. The summed E-state index contributed by atoms with van der Waals surface area (Å²) in [4.78, 5) is 3.09. The van der Waals surface area contributed by atoms with Crippen molar-refractivity contribution in [1.29, 1.82) is 0 Å². The van der Waals surface area contributed by atoms with E-state index < -0.39 is 0 Å². The average molecular weight is 229 g/mol. The quantitative estimate of drug-likeness (QED) is 0.617. The first-order chi connectivity index (χ1) is 8.33. The van der Waals surface area contributed by atoms with E-state index in [4.69, 9.17) is 4.42 Å². The summed E-state index contributed by atoms with van der Waals surface area (Å²) in [6.07, 6.45) is 2.72. The maximum Gasteiger partial charge on any atom is 0.316 e. The minimum atomic E-state index is 0.798. The summed E-state index contributed by atoms with van der Waals surface area (Å²) in [6.45, 7) is 2.15. The maximum atomic E-state index is 5.34. The number of hydrogen-bond acceptors (Lipinski definition) is 1. The van der Waals surface area contributed by atoms with E-state index in [2.05, 4.69) is 41.5 Å². The smallest absolute Gasteiger partial charge is 0.316 e. The molecule has 0 aliphatic carbocycles. The molecule has 0 aliphatic heterocycles. The normalized spacial score (nSPS) is 11.5. The first kappa shape index (κ1) is 11.5. The van der Waals surface area contributed by atoms with E-state index in [0.29, 0.717) is 0 Å². The summed E-state index contributed by atoms with van der Waals surface area (Å²) >= 11 is 0. The van der Waals surface area contributed by atoms with Crippen LogP contribution in [-0.4, -0.2) is 12.9 Å². The molecule has 0 saturated carbocycles. The Morgan fingerprint density at radius 1 is 1.24 bits per heavy atom. The summed E-state index contributed by atoms with van der Waals surface area (Å²) in [6, 6.07) is 12.2. The van der Waals surface area contributed by atoms with Gasteiger partial charge in [-0.1, -0.05) is 19.1 Å². The fraction of sp³-hybridized carbons (Fsp3) is 0.214. The number of furan rings is 1. The van der Waals surface area contributed by atoms with E-state index in [9.17, 15) is 0 Å². The van der Waals surface area contributed by atoms with Crippen molar-refractivity contribution in [1.82, 2.24) is 0 Å². The lowest BCUT2D eigenvalue weighted by Gasteiger charge is -2.01. The van der Waals surface area contributed by atoms with Gasteiger partial charge in [0.15, 0.2) is 0 Å². The molecular formula is C14H17N2O+. The summed E-state index contributed by atoms with van der Waals surface area (Å²) in [5.41, 5.74) is 2.38. The highest BCUT2D eigenvalue weighted by molar-refractivity contribution is 6.02. The molecule has 0 radical (unpaired) electrons. The molecule has 3 heteroatoms. The molecular weight excluding hydrogens is 212 g/mol. The van der Waals surface area contributed by atoms with Crippen molar-refractivity contribution in [2.45, 2.75) is 13.3 Å². The van der Waals surface area contributed by atoms with Gasteiger partial charge in [-0.2, -0.15) is 0 Å². The molecule has 1 heterocycles. The topological polar surface area (TPSA) is 39.1 Å². The van der Waals surface area contributed by atoms with Crippen molar-refractivity contribution >= 4 is 11.5 Å². The van der Waals surface area contributed by atoms with Gasteiger partial charge in [0.25, 0.3) is 0 Å². The second-order valence-electron chi connectivity index (χ2n) is 3.78. The Kier molecular flexibility index (Phi) is 3.60. The van der Waals surface area contributed by atoms with E-state index in [0.717, 1.165) is 23.7 Å². The third-order valence-electron chi connectivity index (χ3n) is 2.65. The molecule has 0 bridgehead atoms. The van der Waals surface area contributed by atoms with Gasteiger partial charge < -0.3 is 4.42 Å². The highest BCUT2D eigenvalue weighted by Crippen LogP contribution is 2.11. The number of rotatable bonds is 3. The molecule has 2 N–H and O–H groups in total. The predicted molar refractivity (Wildman–Crippen MR) is 69.1 cm³/mol. The highest BCUT2D eigenvalue weighted by atomic mass is 16.3. The minimum Gasteiger partial charge on any atom is -0.456 e. The third-order valence-corrected chi connectivity index (χ3v) is 2.65. The molecule has 0 saturated heterocycles. The molecule has 88 valence electrons. The van der Waals surface area contributed by atoms with E-state index in [1.807, 2.05) is 19.2 Å². The van der Waals surface area contributed by atoms with Crippen LogP contribution in [-0.2, 0) is 6.42 Å². The fourth-order valence-corrected chi connectivity index (χ4v) is 1.64. The summed E-state index contributed by atoms with van der Waals surface area (Å²) < 4.78 is 5.34. The second kappa shape index (κ2) is 5.34. The van der Waals surface area contributed by atoms with Crippen LogP contribution >= 0.6 is 0 Å². The van der Waals surface area contributed by atoms with E-state index in [1.54, 1.807) is 6.26 Å². The number of aryl methyl sites for hydroxylation is 1. The third kappa shape index (κ3) is 2.75. The Balaban J connectivity index is 2.14. The number of amidine groups is 1. The highest BCUT2D eigenvalue weighted by Gasteiger charge is 2.12. The predicted octanol–water partition coefficient (Wildman–Crippen LogP) is 1.41. The molecule has 0 fully saturated rings. The van der Waals surface area contributed by atoms with Gasteiger partial charge >= 0.3 is 5.84 Å². The maximum absolute atomic E-state index is 5.34. The Labute approximate surface area is 101 Å². The standard InChI is InChI=1S/C14H16N2O/c1-3-11-6-8-12(9-7-11)16-14(15-2)13-5-4-10-17-13/h4-10H,3H2,1-2H3,(H,15,16)/p+1. The number of hydrogen-bond donors (Lipinski definition) is 2. The zero-order chi connectivity index (χ0) is 12.1. The monoisotopic (exact) mass is 229 g/mol. The molecule has 0 amide bonds. The summed E-state index contributed by atoms with van der Waals surface area (Å²) in [5.74, 6) is 1.66. The first-order valence-corrected chi connectivity index (χ1v) is 5.78. The van der Waals surface area contributed by atoms with Gasteiger partial charge in [0.2, 0.25) is 5.76 Å². The molecule has 3 nitrogen and oxygen atoms in total. The number of nitrogens with one attached hydrogen (secondary N) is 2. The van der Waals surface area contributed by atoms with Gasteiger partial charge in [0.05, 0.1) is 13.3 Å². The molecule has 0 unspecified atom stereocenters. The largest absolute Gasteiger partial charge is 0.456 e. The fourth-order valence-electron chi connectivity index (χ4n) is 1.64. The van der Waals surface area contributed by atoms with Crippen molar-refractivity contribution in [2.24, 2.45) is 0 Å². The molecule has 2 rings (SSSR count). The number of anilines is 1. The van der Waals surface area contributed by atoms with Crippen molar-refractivity contribution in [2.75, 3.05) is 12.4 Å². The Hall–Kier alpha value is -2.03. The van der Waals surface area contributed by atoms with Crippen molar-refractivity contribution in [3.05, 3.63) is 54.0 Å². The van der Waals surface area contributed by atoms with Gasteiger partial charge in [-0.05, 0) is 36.2 Å². The average Bonchev–Trinajstić information content (AvgIpc) is 2.90. The lowest BCUT2D eigenvalue weighted by Crippen LogP contribution is -2.70. The summed E-state index contributed by atoms with van der Waals surface area (Å²) in [7, 11) is 1.87. The van der Waals surface area contributed by atoms with E-state index in [1.165, 1.54) is 5.56 Å². The Morgan fingerprint density at radius 3 is 2.53 bits per heavy atom. The molecule has 1 aromatic carbocycles. The van der Waals surface area contributed by atoms with Crippen LogP contribution in [0.4, 0.5) is 5.69 Å². The molecule has 0 spiro atoms. The summed E-state index contributed by atoms with van der Waals surface area (Å²) in [5, 5.41) is 3.29. The molecule has 0 aliphatic rings. The van der Waals surface area contributed by atoms with Crippen LogP contribution in [0.3, 0.4) is 0 Å². The van der Waals surface area contributed by atoms with Crippen LogP contribution in [0.5, 0.6) is 0 Å². The van der Waals surface area contributed by atoms with Crippen molar-refractivity contribution < 1.29 is 9.41 Å². The van der Waals surface area contributed by atoms with E-state index >= 15 is 0 Å². The lowest BCUT2D eigenvalue weighted by atomic mass is 10.1. The van der Waals surface area contributed by atoms with Gasteiger partial charge in [0.1, 0.15) is 5.69 Å². The van der Waals surface area contributed by atoms with Gasteiger partial charge in [-0.3, -0.25) is 4.99 Å². The van der Waals surface area contributed by atoms with Crippen LogP contribution < -0.4 is 10.3 Å². The SMILES string of the molecule is CCc1ccc(NC(=[NH+]C)c2ccco2)cc1. The van der Waals surface area contributed by atoms with Crippen LogP contribution in [0.15, 0.2) is 47.1 Å². The molecule has 2 aromatic rings. The van der Waals surface area contributed by atoms with Crippen LogP contribution in [0, 0.1) is 0 Å². The van der Waals surface area contributed by atoms with Crippen molar-refractivity contribution in [3.63, 3.8) is 0 Å². The Bertz CT molecular complexity index is 483. The van der Waals surface area contributed by atoms with E-state index in [-0.39, 0.29) is 0 Å². The van der Waals surface area contributed by atoms with Crippen LogP contribution in [0.1, 0.15) is 18.2 Å². The zero-order valence-corrected chi connectivity index (χ0v) is 10.2. The zero-order valence-electron chi connectivity index (χ0n) is 10.2. The molecule has 0 atom stereocenters. The second-order valence-corrected chi connectivity index (χ2v) is 3.78. The van der Waals surface area contributed by atoms with Gasteiger partial charge in [0, 0.05) is 0 Å². The van der Waals surface area contributed by atoms with Crippen LogP contribution in [0.2, 0.25) is 0 Å². The Morgan fingerprint density at radius 2 is 2.00 bits per heavy atom. The van der Waals surface area contributed by atoms with Crippen LogP contribution in [0.25, 0.3) is 0 Å². The molecule has 17 heavy (non-hydrogen) atoms. The minimum absolute atomic E-state index is 0.798. The molecule has 1 aromatic heterocycles. The number of benzene rings is 1.